The number of halogens is 1. The van der Waals surface area contributed by atoms with Gasteiger partial charge in [0.05, 0.1) is 37.4 Å². The number of ether oxygens (including phenoxy) is 3. The molecular weight excluding hydrogens is 473 g/mol. The van der Waals surface area contributed by atoms with Crippen molar-refractivity contribution in [3.05, 3.63) is 77.2 Å². The van der Waals surface area contributed by atoms with Gasteiger partial charge in [-0.3, -0.25) is 9.78 Å². The summed E-state index contributed by atoms with van der Waals surface area (Å²) in [7, 11) is 0. The highest BCUT2D eigenvalue weighted by molar-refractivity contribution is 5.69. The van der Waals surface area contributed by atoms with Gasteiger partial charge in [-0.05, 0) is 67.3 Å². The lowest BCUT2D eigenvalue weighted by Crippen LogP contribution is -2.15. The summed E-state index contributed by atoms with van der Waals surface area (Å²) in [6.45, 7) is 2.99. The summed E-state index contributed by atoms with van der Waals surface area (Å²) in [6.07, 6.45) is 3.46. The van der Waals surface area contributed by atoms with Gasteiger partial charge in [-0.2, -0.15) is 0 Å². The molecule has 0 spiro atoms. The van der Waals surface area contributed by atoms with Crippen LogP contribution in [0, 0.1) is 17.7 Å². The van der Waals surface area contributed by atoms with Gasteiger partial charge in [-0.15, -0.1) is 5.92 Å². The molecule has 1 aliphatic heterocycles. The zero-order chi connectivity index (χ0) is 25.8. The minimum Gasteiger partial charge on any atom is -0.486 e. The Labute approximate surface area is 215 Å². The van der Waals surface area contributed by atoms with Crippen LogP contribution in [0.4, 0.5) is 4.39 Å². The average molecular weight is 502 g/mol. The molecule has 3 atom stereocenters. The monoisotopic (exact) mass is 501 g/mol. The first kappa shape index (κ1) is 24.8. The van der Waals surface area contributed by atoms with E-state index in [1.54, 1.807) is 31.3 Å². The maximum absolute atomic E-state index is 15.0. The van der Waals surface area contributed by atoms with E-state index in [9.17, 15) is 4.79 Å². The topological polar surface area (TPSA) is 77.9 Å². The molecule has 6 nitrogen and oxygen atoms in total. The van der Waals surface area contributed by atoms with Gasteiger partial charge in [0.15, 0.2) is 0 Å². The highest BCUT2D eigenvalue weighted by Crippen LogP contribution is 2.41. The van der Waals surface area contributed by atoms with Crippen LogP contribution in [0.25, 0.3) is 11.3 Å². The van der Waals surface area contributed by atoms with Gasteiger partial charge in [0.25, 0.3) is 0 Å². The number of pyridine rings is 1. The van der Waals surface area contributed by atoms with Crippen LogP contribution in [-0.4, -0.2) is 35.4 Å². The van der Waals surface area contributed by atoms with E-state index in [1.807, 2.05) is 24.3 Å². The number of fused-ring (bicyclic) bond motifs is 1. The van der Waals surface area contributed by atoms with Crippen molar-refractivity contribution in [3.8, 4) is 34.6 Å². The van der Waals surface area contributed by atoms with Crippen LogP contribution in [0.3, 0.4) is 0 Å². The fourth-order valence-electron chi connectivity index (χ4n) is 4.98. The van der Waals surface area contributed by atoms with Crippen molar-refractivity contribution >= 4 is 5.97 Å². The van der Waals surface area contributed by atoms with Gasteiger partial charge in [-0.1, -0.05) is 18.1 Å². The van der Waals surface area contributed by atoms with Crippen molar-refractivity contribution < 1.29 is 28.5 Å². The van der Waals surface area contributed by atoms with Crippen LogP contribution in [0.2, 0.25) is 0 Å². The van der Waals surface area contributed by atoms with Crippen LogP contribution < -0.4 is 9.47 Å². The number of rotatable bonds is 8. The van der Waals surface area contributed by atoms with Crippen LogP contribution in [0.5, 0.6) is 11.5 Å². The third-order valence-corrected chi connectivity index (χ3v) is 6.74. The second-order valence-electron chi connectivity index (χ2n) is 9.23. The van der Waals surface area contributed by atoms with Gasteiger partial charge in [0, 0.05) is 17.5 Å². The molecule has 2 aliphatic rings. The second kappa shape index (κ2) is 11.0. The van der Waals surface area contributed by atoms with Crippen molar-refractivity contribution in [1.82, 2.24) is 4.98 Å². The van der Waals surface area contributed by atoms with Gasteiger partial charge in [0.2, 0.25) is 0 Å². The molecule has 37 heavy (non-hydrogen) atoms. The lowest BCUT2D eigenvalue weighted by Gasteiger charge is -2.17. The first-order valence-corrected chi connectivity index (χ1v) is 12.4. The molecule has 3 aromatic rings. The minimum absolute atomic E-state index is 0.0531. The summed E-state index contributed by atoms with van der Waals surface area (Å²) in [5, 5.41) is 9.17. The van der Waals surface area contributed by atoms with E-state index in [1.165, 1.54) is 6.07 Å². The Morgan fingerprint density at radius 2 is 1.95 bits per heavy atom. The largest absolute Gasteiger partial charge is 0.486 e. The molecule has 1 aliphatic carbocycles. The Hall–Kier alpha value is -3.89. The molecule has 1 aromatic heterocycles. The summed E-state index contributed by atoms with van der Waals surface area (Å²) >= 11 is 0. The smallest absolute Gasteiger partial charge is 0.304 e. The van der Waals surface area contributed by atoms with E-state index in [-0.39, 0.29) is 24.3 Å². The molecule has 1 unspecified atom stereocenters. The van der Waals surface area contributed by atoms with Gasteiger partial charge in [-0.25, -0.2) is 4.39 Å². The molecule has 7 heteroatoms. The summed E-state index contributed by atoms with van der Waals surface area (Å²) in [6, 6.07) is 14.3. The number of nitrogens with zero attached hydrogens (tertiary/aromatic N) is 1. The van der Waals surface area contributed by atoms with Crippen molar-refractivity contribution in [2.75, 3.05) is 13.2 Å². The summed E-state index contributed by atoms with van der Waals surface area (Å²) < 4.78 is 32.5. The minimum atomic E-state index is -0.901. The maximum atomic E-state index is 15.0. The number of aliphatic carboxylic acids is 1. The van der Waals surface area contributed by atoms with Crippen LogP contribution >= 0.6 is 0 Å². The third kappa shape index (κ3) is 5.60. The standard InChI is InChI=1S/C30H28FNO5/c1-2-3-20(16-29(33)34)19-4-6-21(7-5-19)37-28-13-10-25-24(9-11-26(31)30(25)28)27-12-8-22(17-32-27)36-23-14-15-35-18-23/h4-9,11-12,17,20,23,28H,10,13-16,18H2,1H3,(H,33,34)/t20?,23-,28-/m1/s1. The Bertz CT molecular complexity index is 1320. The molecule has 0 saturated carbocycles. The van der Waals surface area contributed by atoms with Crippen LogP contribution in [-0.2, 0) is 16.0 Å². The fraction of sp³-hybridized carbons (Fsp3) is 0.333. The number of hydrogen-bond acceptors (Lipinski definition) is 5. The molecule has 1 fully saturated rings. The zero-order valence-electron chi connectivity index (χ0n) is 20.6. The van der Waals surface area contributed by atoms with E-state index >= 15 is 4.39 Å². The second-order valence-corrected chi connectivity index (χ2v) is 9.23. The fourth-order valence-corrected chi connectivity index (χ4v) is 4.98. The Morgan fingerprint density at radius 3 is 2.62 bits per heavy atom. The Balaban J connectivity index is 1.33. The summed E-state index contributed by atoms with van der Waals surface area (Å²) in [5.74, 6) is 5.45. The first-order chi connectivity index (χ1) is 18.0. The number of carboxylic acid groups (broad SMARTS) is 1. The molecule has 1 saturated heterocycles. The maximum Gasteiger partial charge on any atom is 0.304 e. The molecule has 2 heterocycles. The van der Waals surface area contributed by atoms with Crippen molar-refractivity contribution in [3.63, 3.8) is 0 Å². The highest BCUT2D eigenvalue weighted by Gasteiger charge is 2.30. The molecule has 2 aromatic carbocycles. The average Bonchev–Trinajstić information content (AvgIpc) is 3.56. The number of aromatic nitrogens is 1. The Kier molecular flexibility index (Phi) is 7.38. The molecule has 1 N–H and O–H groups in total. The third-order valence-electron chi connectivity index (χ3n) is 6.74. The van der Waals surface area contributed by atoms with Gasteiger partial charge >= 0.3 is 5.97 Å². The molecule has 190 valence electrons. The van der Waals surface area contributed by atoms with E-state index in [0.29, 0.717) is 43.1 Å². The number of carbonyl (C=O) groups is 1. The van der Waals surface area contributed by atoms with Gasteiger partial charge in [0.1, 0.15) is 29.5 Å². The van der Waals surface area contributed by atoms with E-state index < -0.39 is 12.1 Å². The molecular formula is C30H28FNO5. The SMILES string of the molecule is CC#CC(CC(=O)O)c1ccc(O[C@@H]2CCc3c(-c4ccc(O[C@@H]5CCOC5)cn4)ccc(F)c32)cc1. The van der Waals surface area contributed by atoms with Crippen molar-refractivity contribution in [2.45, 2.75) is 50.7 Å². The van der Waals surface area contributed by atoms with Crippen LogP contribution in [0.1, 0.15) is 54.9 Å². The highest BCUT2D eigenvalue weighted by atomic mass is 19.1. The molecule has 5 rings (SSSR count). The molecule has 0 amide bonds. The normalized spacial score (nSPS) is 19.0. The van der Waals surface area contributed by atoms with Gasteiger partial charge < -0.3 is 19.3 Å². The predicted octanol–water partition coefficient (Wildman–Crippen LogP) is 5.70. The Morgan fingerprint density at radius 1 is 1.14 bits per heavy atom. The van der Waals surface area contributed by atoms with Crippen molar-refractivity contribution in [1.29, 1.82) is 0 Å². The summed E-state index contributed by atoms with van der Waals surface area (Å²) in [5.41, 5.74) is 3.93. The lowest BCUT2D eigenvalue weighted by molar-refractivity contribution is -0.137. The molecule has 0 radical (unpaired) electrons. The molecule has 0 bridgehead atoms. The zero-order valence-corrected chi connectivity index (χ0v) is 20.6. The quantitative estimate of drug-likeness (QED) is 0.399. The van der Waals surface area contributed by atoms with Crippen molar-refractivity contribution in [2.24, 2.45) is 0 Å². The van der Waals surface area contributed by atoms with E-state index in [0.717, 1.165) is 28.8 Å². The number of carboxylic acids is 1. The predicted molar refractivity (Wildman–Crippen MR) is 136 cm³/mol. The summed E-state index contributed by atoms with van der Waals surface area (Å²) in [4.78, 5) is 15.8. The first-order valence-electron chi connectivity index (χ1n) is 12.4. The number of hydrogen-bond donors (Lipinski definition) is 1. The van der Waals surface area contributed by atoms with E-state index in [2.05, 4.69) is 16.8 Å². The van der Waals surface area contributed by atoms with E-state index in [4.69, 9.17) is 19.3 Å². The van der Waals surface area contributed by atoms with Crippen LogP contribution in [0.15, 0.2) is 54.7 Å². The lowest BCUT2D eigenvalue weighted by atomic mass is 9.96. The number of benzene rings is 2.